The Hall–Kier alpha value is -1.76. The SMILES string of the molecule is CC(=O)NCc1ccccc1Cl.O=C(O)C(F)(F)F. The van der Waals surface area contributed by atoms with Gasteiger partial charge in [-0.3, -0.25) is 4.79 Å². The molecule has 0 saturated heterocycles. The minimum absolute atomic E-state index is 0.0464. The molecule has 0 fully saturated rings. The second-order valence-electron chi connectivity index (χ2n) is 3.30. The van der Waals surface area contributed by atoms with E-state index < -0.39 is 12.1 Å². The molecule has 0 spiro atoms. The lowest BCUT2D eigenvalue weighted by atomic mass is 10.2. The molecule has 1 aromatic carbocycles. The third-order valence-electron chi connectivity index (χ3n) is 1.73. The van der Waals surface area contributed by atoms with Crippen LogP contribution in [-0.4, -0.2) is 23.2 Å². The number of alkyl halides is 3. The number of halogens is 4. The quantitative estimate of drug-likeness (QED) is 0.882. The molecule has 0 atom stereocenters. The van der Waals surface area contributed by atoms with E-state index in [0.29, 0.717) is 11.6 Å². The number of hydrogen-bond donors (Lipinski definition) is 2. The first-order valence-corrected chi connectivity index (χ1v) is 5.30. The Kier molecular flexibility index (Phi) is 6.92. The number of amides is 1. The number of benzene rings is 1. The molecule has 19 heavy (non-hydrogen) atoms. The van der Waals surface area contributed by atoms with Crippen molar-refractivity contribution in [3.8, 4) is 0 Å². The van der Waals surface area contributed by atoms with Crippen LogP contribution in [0.4, 0.5) is 13.2 Å². The zero-order chi connectivity index (χ0) is 15.1. The monoisotopic (exact) mass is 297 g/mol. The second-order valence-corrected chi connectivity index (χ2v) is 3.71. The lowest BCUT2D eigenvalue weighted by Crippen LogP contribution is -2.21. The van der Waals surface area contributed by atoms with E-state index in [9.17, 15) is 18.0 Å². The van der Waals surface area contributed by atoms with Crippen molar-refractivity contribution in [2.24, 2.45) is 0 Å². The fourth-order valence-electron chi connectivity index (χ4n) is 0.861. The fraction of sp³-hybridized carbons (Fsp3) is 0.273. The number of carboxylic acids is 1. The largest absolute Gasteiger partial charge is 0.490 e. The van der Waals surface area contributed by atoms with E-state index in [-0.39, 0.29) is 5.91 Å². The highest BCUT2D eigenvalue weighted by atomic mass is 35.5. The van der Waals surface area contributed by atoms with Crippen molar-refractivity contribution >= 4 is 23.5 Å². The van der Waals surface area contributed by atoms with Crippen LogP contribution in [0.1, 0.15) is 12.5 Å². The summed E-state index contributed by atoms with van der Waals surface area (Å²) in [7, 11) is 0. The summed E-state index contributed by atoms with van der Waals surface area (Å²) < 4.78 is 31.7. The smallest absolute Gasteiger partial charge is 0.475 e. The van der Waals surface area contributed by atoms with Crippen LogP contribution in [0.3, 0.4) is 0 Å². The Morgan fingerprint density at radius 1 is 1.32 bits per heavy atom. The van der Waals surface area contributed by atoms with Gasteiger partial charge in [0.1, 0.15) is 0 Å². The molecule has 0 radical (unpaired) electrons. The zero-order valence-corrected chi connectivity index (χ0v) is 10.5. The van der Waals surface area contributed by atoms with Crippen molar-refractivity contribution in [3.05, 3.63) is 34.9 Å². The van der Waals surface area contributed by atoms with Crippen LogP contribution in [0.5, 0.6) is 0 Å². The lowest BCUT2D eigenvalue weighted by molar-refractivity contribution is -0.192. The number of aliphatic carboxylic acids is 1. The molecule has 0 aliphatic rings. The Morgan fingerprint density at radius 2 is 1.79 bits per heavy atom. The molecule has 1 rings (SSSR count). The minimum atomic E-state index is -5.08. The summed E-state index contributed by atoms with van der Waals surface area (Å²) in [4.78, 5) is 19.5. The first-order chi connectivity index (χ1) is 8.64. The summed E-state index contributed by atoms with van der Waals surface area (Å²) in [5.41, 5.74) is 0.939. The fourth-order valence-corrected chi connectivity index (χ4v) is 1.06. The van der Waals surface area contributed by atoms with Gasteiger partial charge in [0.25, 0.3) is 0 Å². The first-order valence-electron chi connectivity index (χ1n) is 4.92. The van der Waals surface area contributed by atoms with Crippen molar-refractivity contribution in [3.63, 3.8) is 0 Å². The van der Waals surface area contributed by atoms with Crippen molar-refractivity contribution in [1.82, 2.24) is 5.32 Å². The molecule has 0 aliphatic carbocycles. The van der Waals surface area contributed by atoms with Gasteiger partial charge in [-0.25, -0.2) is 4.79 Å². The third-order valence-corrected chi connectivity index (χ3v) is 2.10. The predicted octanol–water partition coefficient (Wildman–Crippen LogP) is 2.61. The van der Waals surface area contributed by atoms with E-state index in [1.807, 2.05) is 18.2 Å². The average Bonchev–Trinajstić information content (AvgIpc) is 2.27. The van der Waals surface area contributed by atoms with E-state index in [2.05, 4.69) is 5.32 Å². The maximum atomic E-state index is 10.6. The second kappa shape index (κ2) is 7.63. The Morgan fingerprint density at radius 3 is 2.16 bits per heavy atom. The Balaban J connectivity index is 0.000000399. The molecule has 2 N–H and O–H groups in total. The summed E-state index contributed by atoms with van der Waals surface area (Å²) in [5, 5.41) is 10.5. The number of carboxylic acid groups (broad SMARTS) is 1. The van der Waals surface area contributed by atoms with Gasteiger partial charge in [0.05, 0.1) is 0 Å². The molecule has 0 aromatic heterocycles. The standard InChI is InChI=1S/C9H10ClNO.C2HF3O2/c1-7(12)11-6-8-4-2-3-5-9(8)10;3-2(4,5)1(6)7/h2-5H,6H2,1H3,(H,11,12);(H,6,7). The van der Waals surface area contributed by atoms with Crippen LogP contribution in [0.2, 0.25) is 5.02 Å². The molecular weight excluding hydrogens is 287 g/mol. The molecular formula is C11H11ClF3NO3. The zero-order valence-electron chi connectivity index (χ0n) is 9.79. The normalized spacial score (nSPS) is 10.2. The number of hydrogen-bond acceptors (Lipinski definition) is 2. The molecule has 106 valence electrons. The third kappa shape index (κ3) is 8.04. The summed E-state index contributed by atoms with van der Waals surface area (Å²) in [6.07, 6.45) is -5.08. The van der Waals surface area contributed by atoms with Crippen molar-refractivity contribution in [1.29, 1.82) is 0 Å². The average molecular weight is 298 g/mol. The maximum Gasteiger partial charge on any atom is 0.490 e. The number of rotatable bonds is 2. The van der Waals surface area contributed by atoms with Gasteiger partial charge < -0.3 is 10.4 Å². The van der Waals surface area contributed by atoms with E-state index in [0.717, 1.165) is 5.56 Å². The molecule has 0 aliphatic heterocycles. The van der Waals surface area contributed by atoms with Gasteiger partial charge in [-0.05, 0) is 11.6 Å². The molecule has 0 heterocycles. The Bertz CT molecular complexity index is 449. The van der Waals surface area contributed by atoms with Gasteiger partial charge in [-0.1, -0.05) is 29.8 Å². The van der Waals surface area contributed by atoms with Crippen LogP contribution >= 0.6 is 11.6 Å². The minimum Gasteiger partial charge on any atom is -0.475 e. The highest BCUT2D eigenvalue weighted by Gasteiger charge is 2.38. The van der Waals surface area contributed by atoms with Crippen LogP contribution in [-0.2, 0) is 16.1 Å². The van der Waals surface area contributed by atoms with E-state index in [1.54, 1.807) is 6.07 Å². The van der Waals surface area contributed by atoms with Crippen LogP contribution in [0.25, 0.3) is 0 Å². The van der Waals surface area contributed by atoms with Gasteiger partial charge in [-0.2, -0.15) is 13.2 Å². The Labute approximate surface area is 112 Å². The molecule has 1 amide bonds. The van der Waals surface area contributed by atoms with Crippen LogP contribution < -0.4 is 5.32 Å². The van der Waals surface area contributed by atoms with E-state index in [1.165, 1.54) is 6.92 Å². The molecule has 0 unspecified atom stereocenters. The molecule has 0 bridgehead atoms. The summed E-state index contributed by atoms with van der Waals surface area (Å²) >= 11 is 5.86. The lowest BCUT2D eigenvalue weighted by Gasteiger charge is -2.03. The number of carbonyl (C=O) groups excluding carboxylic acids is 1. The van der Waals surface area contributed by atoms with Crippen molar-refractivity contribution in [2.45, 2.75) is 19.6 Å². The van der Waals surface area contributed by atoms with Gasteiger partial charge in [0, 0.05) is 18.5 Å². The number of nitrogens with one attached hydrogen (secondary N) is 1. The maximum absolute atomic E-state index is 10.6. The molecule has 1 aromatic rings. The van der Waals surface area contributed by atoms with E-state index in [4.69, 9.17) is 21.5 Å². The van der Waals surface area contributed by atoms with E-state index >= 15 is 0 Å². The van der Waals surface area contributed by atoms with Crippen LogP contribution in [0.15, 0.2) is 24.3 Å². The van der Waals surface area contributed by atoms with Crippen LogP contribution in [0, 0.1) is 0 Å². The highest BCUT2D eigenvalue weighted by Crippen LogP contribution is 2.14. The first kappa shape index (κ1) is 17.2. The van der Waals surface area contributed by atoms with Crippen molar-refractivity contribution < 1.29 is 27.9 Å². The summed E-state index contributed by atoms with van der Waals surface area (Å²) in [5.74, 6) is -2.80. The summed E-state index contributed by atoms with van der Waals surface area (Å²) in [6, 6.07) is 7.44. The highest BCUT2D eigenvalue weighted by molar-refractivity contribution is 6.31. The van der Waals surface area contributed by atoms with Crippen molar-refractivity contribution in [2.75, 3.05) is 0 Å². The number of carbonyl (C=O) groups is 2. The molecule has 4 nitrogen and oxygen atoms in total. The predicted molar refractivity (Wildman–Crippen MR) is 62.7 cm³/mol. The van der Waals surface area contributed by atoms with Gasteiger partial charge in [-0.15, -0.1) is 0 Å². The van der Waals surface area contributed by atoms with Gasteiger partial charge in [0.15, 0.2) is 0 Å². The summed E-state index contributed by atoms with van der Waals surface area (Å²) in [6.45, 7) is 1.98. The molecule has 0 saturated carbocycles. The molecule has 8 heteroatoms. The van der Waals surface area contributed by atoms with Gasteiger partial charge >= 0.3 is 12.1 Å². The van der Waals surface area contributed by atoms with Gasteiger partial charge in [0.2, 0.25) is 5.91 Å². The topological polar surface area (TPSA) is 66.4 Å².